The normalized spacial score (nSPS) is 10.1. The van der Waals surface area contributed by atoms with Gasteiger partial charge in [-0.25, -0.2) is 4.79 Å². The number of rotatable bonds is 6. The number of esters is 1. The number of thiocarbonyl (C=S) groups is 1. The van der Waals surface area contributed by atoms with Crippen molar-refractivity contribution in [3.8, 4) is 0 Å². The molecule has 33 heavy (non-hydrogen) atoms. The van der Waals surface area contributed by atoms with Crippen LogP contribution in [0.2, 0.25) is 0 Å². The quantitative estimate of drug-likeness (QED) is 0.428. The van der Waals surface area contributed by atoms with Crippen LogP contribution in [0.15, 0.2) is 78.9 Å². The second kappa shape index (κ2) is 11.0. The van der Waals surface area contributed by atoms with E-state index >= 15 is 0 Å². The second-order valence-electron chi connectivity index (χ2n) is 7.17. The molecule has 0 saturated carbocycles. The van der Waals surface area contributed by atoms with Crippen LogP contribution in [-0.4, -0.2) is 42.0 Å². The van der Waals surface area contributed by atoms with Crippen molar-refractivity contribution in [1.29, 1.82) is 0 Å². The summed E-state index contributed by atoms with van der Waals surface area (Å²) >= 11 is 5.27. The Hall–Kier alpha value is -4.04. The maximum Gasteiger partial charge on any atom is 0.337 e. The highest BCUT2D eigenvalue weighted by molar-refractivity contribution is 7.80. The van der Waals surface area contributed by atoms with Crippen molar-refractivity contribution >= 4 is 40.8 Å². The van der Waals surface area contributed by atoms with Crippen LogP contribution < -0.4 is 10.6 Å². The van der Waals surface area contributed by atoms with Crippen molar-refractivity contribution in [2.75, 3.05) is 19.5 Å². The lowest BCUT2D eigenvalue weighted by atomic mass is 10.1. The fourth-order valence-electron chi connectivity index (χ4n) is 3.12. The maximum absolute atomic E-state index is 13.0. The number of hydrogen-bond donors (Lipinski definition) is 2. The number of hydrogen-bond acceptors (Lipinski definition) is 5. The summed E-state index contributed by atoms with van der Waals surface area (Å²) in [6, 6.07) is 22.6. The second-order valence-corrected chi connectivity index (χ2v) is 7.58. The third-order valence-electron chi connectivity index (χ3n) is 4.81. The van der Waals surface area contributed by atoms with Crippen molar-refractivity contribution in [2.24, 2.45) is 0 Å². The van der Waals surface area contributed by atoms with Crippen LogP contribution in [0.1, 0.15) is 36.6 Å². The summed E-state index contributed by atoms with van der Waals surface area (Å²) in [4.78, 5) is 38.7. The van der Waals surface area contributed by atoms with Crippen LogP contribution in [0.4, 0.5) is 5.69 Å². The van der Waals surface area contributed by atoms with Gasteiger partial charge in [-0.05, 0) is 54.2 Å². The van der Waals surface area contributed by atoms with Gasteiger partial charge in [-0.2, -0.15) is 0 Å². The highest BCUT2D eigenvalue weighted by Gasteiger charge is 2.17. The summed E-state index contributed by atoms with van der Waals surface area (Å²) in [5.41, 5.74) is 2.57. The first-order valence-corrected chi connectivity index (χ1v) is 10.5. The van der Waals surface area contributed by atoms with Gasteiger partial charge in [-0.3, -0.25) is 14.9 Å². The van der Waals surface area contributed by atoms with E-state index < -0.39 is 11.9 Å². The molecule has 0 heterocycles. The zero-order chi connectivity index (χ0) is 23.8. The number of ether oxygens (including phenoxy) is 1. The molecule has 0 atom stereocenters. The van der Waals surface area contributed by atoms with Gasteiger partial charge in [-0.1, -0.05) is 42.5 Å². The number of anilines is 1. The molecule has 0 aromatic heterocycles. The summed E-state index contributed by atoms with van der Waals surface area (Å²) in [5, 5.41) is 5.55. The van der Waals surface area contributed by atoms with Crippen LogP contribution in [0, 0.1) is 0 Å². The molecule has 0 fully saturated rings. The van der Waals surface area contributed by atoms with E-state index in [-0.39, 0.29) is 11.0 Å². The number of para-hydroxylation sites is 1. The lowest BCUT2D eigenvalue weighted by Crippen LogP contribution is -2.35. The Kier molecular flexibility index (Phi) is 7.88. The average Bonchev–Trinajstić information content (AvgIpc) is 2.84. The van der Waals surface area contributed by atoms with E-state index in [1.54, 1.807) is 36.2 Å². The predicted octanol–water partition coefficient (Wildman–Crippen LogP) is 3.87. The molecule has 0 aliphatic rings. The largest absolute Gasteiger partial charge is 0.465 e. The topological polar surface area (TPSA) is 87.7 Å². The Labute approximate surface area is 197 Å². The fourth-order valence-corrected chi connectivity index (χ4v) is 3.32. The van der Waals surface area contributed by atoms with Gasteiger partial charge in [0, 0.05) is 19.2 Å². The smallest absolute Gasteiger partial charge is 0.337 e. The summed E-state index contributed by atoms with van der Waals surface area (Å²) in [5.74, 6) is -1.12. The Morgan fingerprint density at radius 2 is 1.48 bits per heavy atom. The SMILES string of the molecule is COC(=O)c1ccc(C(=O)NC(=S)Nc2ccccc2C(=O)N(C)Cc2ccccc2)cc1. The minimum absolute atomic E-state index is 0.0445. The molecule has 3 aromatic rings. The maximum atomic E-state index is 13.0. The molecular weight excluding hydrogens is 438 g/mol. The molecule has 0 aliphatic heterocycles. The molecule has 3 aromatic carbocycles. The van der Waals surface area contributed by atoms with E-state index in [4.69, 9.17) is 12.2 Å². The van der Waals surface area contributed by atoms with E-state index in [0.717, 1.165) is 5.56 Å². The zero-order valence-corrected chi connectivity index (χ0v) is 19.0. The Morgan fingerprint density at radius 3 is 2.15 bits per heavy atom. The summed E-state index contributed by atoms with van der Waals surface area (Å²) in [7, 11) is 3.01. The molecule has 0 radical (unpaired) electrons. The molecule has 2 N–H and O–H groups in total. The molecule has 2 amide bonds. The summed E-state index contributed by atoms with van der Waals surface area (Å²) in [6.45, 7) is 0.455. The predicted molar refractivity (Wildman–Crippen MR) is 130 cm³/mol. The first kappa shape index (κ1) is 23.6. The molecule has 8 heteroatoms. The molecule has 0 saturated heterocycles. The molecule has 0 aliphatic carbocycles. The van der Waals surface area contributed by atoms with Crippen molar-refractivity contribution in [2.45, 2.75) is 6.54 Å². The van der Waals surface area contributed by atoms with E-state index in [1.165, 1.54) is 31.4 Å². The lowest BCUT2D eigenvalue weighted by molar-refractivity contribution is 0.0600. The van der Waals surface area contributed by atoms with Crippen molar-refractivity contribution in [3.63, 3.8) is 0 Å². The standard InChI is InChI=1S/C25H23N3O4S/c1-28(16-17-8-4-3-5-9-17)23(30)20-10-6-7-11-21(20)26-25(33)27-22(29)18-12-14-19(15-13-18)24(31)32-2/h3-15H,16H2,1-2H3,(H2,26,27,29,33). The molecule has 168 valence electrons. The van der Waals surface area contributed by atoms with E-state index in [0.29, 0.717) is 28.9 Å². The van der Waals surface area contributed by atoms with Crippen LogP contribution in [0.3, 0.4) is 0 Å². The van der Waals surface area contributed by atoms with Crippen LogP contribution in [0.25, 0.3) is 0 Å². The number of nitrogens with zero attached hydrogens (tertiary/aromatic N) is 1. The first-order valence-electron chi connectivity index (χ1n) is 10.1. The highest BCUT2D eigenvalue weighted by atomic mass is 32.1. The van der Waals surface area contributed by atoms with Gasteiger partial charge in [0.05, 0.1) is 23.9 Å². The molecule has 3 rings (SSSR count). The van der Waals surface area contributed by atoms with Gasteiger partial charge in [0.25, 0.3) is 11.8 Å². The number of carbonyl (C=O) groups excluding carboxylic acids is 3. The van der Waals surface area contributed by atoms with E-state index in [1.807, 2.05) is 30.3 Å². The Morgan fingerprint density at radius 1 is 0.879 bits per heavy atom. The highest BCUT2D eigenvalue weighted by Crippen LogP contribution is 2.18. The first-order chi connectivity index (χ1) is 15.9. The van der Waals surface area contributed by atoms with Crippen LogP contribution >= 0.6 is 12.2 Å². The monoisotopic (exact) mass is 461 g/mol. The van der Waals surface area contributed by atoms with Crippen LogP contribution in [-0.2, 0) is 11.3 Å². The molecule has 0 unspecified atom stereocenters. The number of amides is 2. The van der Waals surface area contributed by atoms with Gasteiger partial charge in [0.1, 0.15) is 0 Å². The summed E-state index contributed by atoms with van der Waals surface area (Å²) in [6.07, 6.45) is 0. The number of nitrogens with one attached hydrogen (secondary N) is 2. The Bertz CT molecular complexity index is 1160. The van der Waals surface area contributed by atoms with Gasteiger partial charge in [0.15, 0.2) is 5.11 Å². The fraction of sp³-hybridized carbons (Fsp3) is 0.120. The minimum atomic E-state index is -0.488. The van der Waals surface area contributed by atoms with Crippen molar-refractivity contribution < 1.29 is 19.1 Å². The summed E-state index contributed by atoms with van der Waals surface area (Å²) < 4.78 is 4.65. The lowest BCUT2D eigenvalue weighted by Gasteiger charge is -2.20. The van der Waals surface area contributed by atoms with Gasteiger partial charge < -0.3 is 15.0 Å². The van der Waals surface area contributed by atoms with Gasteiger partial charge >= 0.3 is 5.97 Å². The third-order valence-corrected chi connectivity index (χ3v) is 5.01. The number of carbonyl (C=O) groups is 3. The molecule has 7 nitrogen and oxygen atoms in total. The van der Waals surface area contributed by atoms with Crippen molar-refractivity contribution in [3.05, 3.63) is 101 Å². The van der Waals surface area contributed by atoms with E-state index in [2.05, 4.69) is 15.4 Å². The van der Waals surface area contributed by atoms with Gasteiger partial charge in [-0.15, -0.1) is 0 Å². The van der Waals surface area contributed by atoms with Crippen LogP contribution in [0.5, 0.6) is 0 Å². The Balaban J connectivity index is 1.66. The minimum Gasteiger partial charge on any atom is -0.465 e. The molecule has 0 bridgehead atoms. The zero-order valence-electron chi connectivity index (χ0n) is 18.2. The number of methoxy groups -OCH3 is 1. The van der Waals surface area contributed by atoms with Gasteiger partial charge in [0.2, 0.25) is 0 Å². The molecular formula is C25H23N3O4S. The number of benzene rings is 3. The average molecular weight is 462 g/mol. The van der Waals surface area contributed by atoms with E-state index in [9.17, 15) is 14.4 Å². The third kappa shape index (κ3) is 6.24. The molecule has 0 spiro atoms. The van der Waals surface area contributed by atoms with Crippen molar-refractivity contribution in [1.82, 2.24) is 10.2 Å².